The van der Waals surface area contributed by atoms with Crippen LogP contribution in [0, 0.1) is 6.92 Å². The number of benzene rings is 1. The molecule has 0 aliphatic heterocycles. The van der Waals surface area contributed by atoms with Crippen molar-refractivity contribution in [2.24, 2.45) is 0 Å². The van der Waals surface area contributed by atoms with Crippen LogP contribution in [0.15, 0.2) is 18.2 Å². The van der Waals surface area contributed by atoms with E-state index in [4.69, 9.17) is 5.11 Å². The van der Waals surface area contributed by atoms with Gasteiger partial charge in [0.2, 0.25) is 0 Å². The number of hydrogen-bond acceptors (Lipinski definition) is 3. The zero-order chi connectivity index (χ0) is 15.4. The van der Waals surface area contributed by atoms with E-state index in [1.165, 1.54) is 0 Å². The van der Waals surface area contributed by atoms with Crippen molar-refractivity contribution in [3.05, 3.63) is 29.6 Å². The molecule has 21 heavy (non-hydrogen) atoms. The lowest BCUT2D eigenvalue weighted by Gasteiger charge is -2.20. The number of aromatic carboxylic acids is 1. The molecule has 1 aromatic carbocycles. The van der Waals surface area contributed by atoms with Gasteiger partial charge in [0.05, 0.1) is 16.6 Å². The zero-order valence-electron chi connectivity index (χ0n) is 13.0. The van der Waals surface area contributed by atoms with E-state index in [1.807, 2.05) is 13.0 Å². The Labute approximate surface area is 125 Å². The van der Waals surface area contributed by atoms with Crippen molar-refractivity contribution in [2.75, 3.05) is 19.6 Å². The quantitative estimate of drug-likeness (QED) is 0.851. The molecule has 0 spiro atoms. The summed E-state index contributed by atoms with van der Waals surface area (Å²) < 4.78 is 2.17. The largest absolute Gasteiger partial charge is 0.478 e. The highest BCUT2D eigenvalue weighted by atomic mass is 16.4. The van der Waals surface area contributed by atoms with Crippen molar-refractivity contribution in [2.45, 2.75) is 33.7 Å². The van der Waals surface area contributed by atoms with Crippen LogP contribution in [0.5, 0.6) is 0 Å². The monoisotopic (exact) mass is 289 g/mol. The minimum atomic E-state index is -0.913. The van der Waals surface area contributed by atoms with Crippen molar-refractivity contribution < 1.29 is 9.90 Å². The Kier molecular flexibility index (Phi) is 4.96. The van der Waals surface area contributed by atoms with Gasteiger partial charge in [-0.05, 0) is 44.6 Å². The molecule has 5 nitrogen and oxygen atoms in total. The molecule has 0 aliphatic rings. The Morgan fingerprint density at radius 2 is 2.10 bits per heavy atom. The third-order valence-corrected chi connectivity index (χ3v) is 3.81. The summed E-state index contributed by atoms with van der Waals surface area (Å²) in [6, 6.07) is 5.14. The first-order valence-electron chi connectivity index (χ1n) is 7.49. The number of aryl methyl sites for hydroxylation is 1. The summed E-state index contributed by atoms with van der Waals surface area (Å²) in [6.45, 7) is 10.3. The number of hydrogen-bond donors (Lipinski definition) is 1. The fourth-order valence-electron chi connectivity index (χ4n) is 2.65. The van der Waals surface area contributed by atoms with Crippen molar-refractivity contribution in [1.29, 1.82) is 0 Å². The van der Waals surface area contributed by atoms with Gasteiger partial charge in [0.1, 0.15) is 5.82 Å². The summed E-state index contributed by atoms with van der Waals surface area (Å²) in [7, 11) is 0. The third kappa shape index (κ3) is 3.42. The second-order valence-electron chi connectivity index (χ2n) is 5.25. The van der Waals surface area contributed by atoms with Crippen molar-refractivity contribution in [1.82, 2.24) is 14.5 Å². The summed E-state index contributed by atoms with van der Waals surface area (Å²) >= 11 is 0. The molecule has 1 aromatic heterocycles. The molecule has 0 bridgehead atoms. The first-order chi connectivity index (χ1) is 10.1. The smallest absolute Gasteiger partial charge is 0.335 e. The molecule has 5 heteroatoms. The predicted octanol–water partition coefficient (Wildman–Crippen LogP) is 2.77. The topological polar surface area (TPSA) is 58.4 Å². The summed E-state index contributed by atoms with van der Waals surface area (Å²) in [5.74, 6) is 0.0179. The molecule has 0 fully saturated rings. The maximum Gasteiger partial charge on any atom is 0.335 e. The maximum absolute atomic E-state index is 11.0. The lowest BCUT2D eigenvalue weighted by Crippen LogP contribution is -2.28. The Hall–Kier alpha value is -1.88. The second kappa shape index (κ2) is 6.72. The van der Waals surface area contributed by atoms with Crippen LogP contribution < -0.4 is 0 Å². The average molecular weight is 289 g/mol. The Bertz CT molecular complexity index is 634. The normalized spacial score (nSPS) is 11.4. The van der Waals surface area contributed by atoms with Gasteiger partial charge < -0.3 is 14.6 Å². The van der Waals surface area contributed by atoms with Gasteiger partial charge in [0, 0.05) is 13.1 Å². The van der Waals surface area contributed by atoms with E-state index in [2.05, 4.69) is 28.3 Å². The van der Waals surface area contributed by atoms with Crippen molar-refractivity contribution >= 4 is 17.0 Å². The number of carboxylic acids is 1. The van der Waals surface area contributed by atoms with E-state index in [1.54, 1.807) is 12.1 Å². The molecule has 1 heterocycles. The standard InChI is InChI=1S/C16H23N3O2/c1-4-8-18(5-2)9-10-19-12(3)17-14-11-13(16(20)21)6-7-15(14)19/h6-7,11H,4-5,8-10H2,1-3H3,(H,20,21). The molecule has 0 unspecified atom stereocenters. The zero-order valence-corrected chi connectivity index (χ0v) is 13.0. The number of fused-ring (bicyclic) bond motifs is 1. The lowest BCUT2D eigenvalue weighted by molar-refractivity contribution is 0.0697. The second-order valence-corrected chi connectivity index (χ2v) is 5.25. The molecule has 0 aliphatic carbocycles. The van der Waals surface area contributed by atoms with Crippen LogP contribution in [-0.2, 0) is 6.54 Å². The van der Waals surface area contributed by atoms with E-state index in [0.717, 1.165) is 49.5 Å². The van der Waals surface area contributed by atoms with E-state index in [0.29, 0.717) is 0 Å². The molecule has 0 radical (unpaired) electrons. The Morgan fingerprint density at radius 1 is 1.33 bits per heavy atom. The number of nitrogens with zero attached hydrogens (tertiary/aromatic N) is 3. The molecule has 2 aromatic rings. The van der Waals surface area contributed by atoms with Crippen molar-refractivity contribution in [3.63, 3.8) is 0 Å². The Morgan fingerprint density at radius 3 is 2.71 bits per heavy atom. The minimum absolute atomic E-state index is 0.285. The summed E-state index contributed by atoms with van der Waals surface area (Å²) in [6.07, 6.45) is 1.15. The summed E-state index contributed by atoms with van der Waals surface area (Å²) in [4.78, 5) is 17.9. The fourth-order valence-corrected chi connectivity index (χ4v) is 2.65. The van der Waals surface area contributed by atoms with E-state index in [-0.39, 0.29) is 5.56 Å². The first kappa shape index (κ1) is 15.5. The first-order valence-corrected chi connectivity index (χ1v) is 7.49. The highest BCUT2D eigenvalue weighted by Crippen LogP contribution is 2.18. The van der Waals surface area contributed by atoms with E-state index < -0.39 is 5.97 Å². The van der Waals surface area contributed by atoms with E-state index >= 15 is 0 Å². The number of carbonyl (C=O) groups is 1. The van der Waals surface area contributed by atoms with Crippen molar-refractivity contribution in [3.8, 4) is 0 Å². The Balaban J connectivity index is 2.23. The van der Waals surface area contributed by atoms with Gasteiger partial charge in [0.25, 0.3) is 0 Å². The molecule has 1 N–H and O–H groups in total. The molecule has 0 saturated heterocycles. The number of imidazole rings is 1. The van der Waals surface area contributed by atoms with Gasteiger partial charge in [-0.15, -0.1) is 0 Å². The molecule has 114 valence electrons. The molecule has 0 saturated carbocycles. The van der Waals surface area contributed by atoms with Gasteiger partial charge in [-0.1, -0.05) is 13.8 Å². The number of rotatable bonds is 7. The highest BCUT2D eigenvalue weighted by molar-refractivity contribution is 5.92. The van der Waals surface area contributed by atoms with E-state index in [9.17, 15) is 4.79 Å². The minimum Gasteiger partial charge on any atom is -0.478 e. The molecular weight excluding hydrogens is 266 g/mol. The van der Waals surface area contributed by atoms with Crippen LogP contribution in [-0.4, -0.2) is 45.2 Å². The van der Waals surface area contributed by atoms with Gasteiger partial charge in [-0.2, -0.15) is 0 Å². The van der Waals surface area contributed by atoms with Crippen LogP contribution in [0.4, 0.5) is 0 Å². The predicted molar refractivity (Wildman–Crippen MR) is 83.8 cm³/mol. The SMILES string of the molecule is CCCN(CC)CCn1c(C)nc2cc(C(=O)O)ccc21. The van der Waals surface area contributed by atoms with Crippen LogP contribution in [0.25, 0.3) is 11.0 Å². The van der Waals surface area contributed by atoms with Crippen LogP contribution >= 0.6 is 0 Å². The third-order valence-electron chi connectivity index (χ3n) is 3.81. The number of carboxylic acid groups (broad SMARTS) is 1. The summed E-state index contributed by atoms with van der Waals surface area (Å²) in [5, 5.41) is 9.05. The van der Waals surface area contributed by atoms with Gasteiger partial charge in [-0.25, -0.2) is 9.78 Å². The van der Waals surface area contributed by atoms with Gasteiger partial charge in [-0.3, -0.25) is 0 Å². The molecule has 0 amide bonds. The molecule has 2 rings (SSSR count). The molecular formula is C16H23N3O2. The van der Waals surface area contributed by atoms with Crippen LogP contribution in [0.2, 0.25) is 0 Å². The maximum atomic E-state index is 11.0. The number of aromatic nitrogens is 2. The van der Waals surface area contributed by atoms with Gasteiger partial charge in [0.15, 0.2) is 0 Å². The van der Waals surface area contributed by atoms with Crippen LogP contribution in [0.1, 0.15) is 36.5 Å². The molecule has 0 atom stereocenters. The summed E-state index contributed by atoms with van der Waals surface area (Å²) in [5.41, 5.74) is 2.05. The fraction of sp³-hybridized carbons (Fsp3) is 0.500. The number of likely N-dealkylation sites (N-methyl/N-ethyl adjacent to an activating group) is 1. The lowest BCUT2D eigenvalue weighted by atomic mass is 10.2. The average Bonchev–Trinajstić information content (AvgIpc) is 2.78. The van der Waals surface area contributed by atoms with Gasteiger partial charge >= 0.3 is 5.97 Å². The highest BCUT2D eigenvalue weighted by Gasteiger charge is 2.11. The van der Waals surface area contributed by atoms with Crippen LogP contribution in [0.3, 0.4) is 0 Å².